The van der Waals surface area contributed by atoms with Gasteiger partial charge in [-0.3, -0.25) is 0 Å². The van der Waals surface area contributed by atoms with E-state index in [1.807, 2.05) is 0 Å². The molecule has 0 bridgehead atoms. The zero-order valence-electron chi connectivity index (χ0n) is 11.2. The van der Waals surface area contributed by atoms with Crippen LogP contribution in [0.4, 0.5) is 0 Å². The van der Waals surface area contributed by atoms with E-state index in [0.29, 0.717) is 11.3 Å². The second kappa shape index (κ2) is 4.58. The average Bonchev–Trinajstić information content (AvgIpc) is 2.13. The number of nitrogens with two attached hydrogens (primary N) is 1. The molecule has 0 fully saturated rings. The number of benzene rings is 1. The van der Waals surface area contributed by atoms with E-state index >= 15 is 0 Å². The molecule has 2 N–H and O–H groups in total. The predicted molar refractivity (Wildman–Crippen MR) is 71.5 cm³/mol. The van der Waals surface area contributed by atoms with Crippen molar-refractivity contribution < 1.29 is 0 Å². The van der Waals surface area contributed by atoms with E-state index < -0.39 is 0 Å². The first-order valence-electron chi connectivity index (χ1n) is 6.04. The lowest BCUT2D eigenvalue weighted by atomic mass is 9.73. The molecule has 16 heavy (non-hydrogen) atoms. The molecule has 0 aliphatic rings. The fourth-order valence-electron chi connectivity index (χ4n) is 2.11. The molecule has 0 aliphatic heterocycles. The molecule has 1 unspecified atom stereocenters. The Kier molecular flexibility index (Phi) is 3.80. The molecule has 0 saturated heterocycles. The number of rotatable bonds is 3. The van der Waals surface area contributed by atoms with Crippen molar-refractivity contribution >= 4 is 0 Å². The van der Waals surface area contributed by atoms with Gasteiger partial charge < -0.3 is 5.73 Å². The van der Waals surface area contributed by atoms with Crippen LogP contribution in [0.25, 0.3) is 0 Å². The first-order valence-corrected chi connectivity index (χ1v) is 6.04. The summed E-state index contributed by atoms with van der Waals surface area (Å²) in [5, 5.41) is 0. The van der Waals surface area contributed by atoms with Gasteiger partial charge in [0.15, 0.2) is 0 Å². The predicted octanol–water partition coefficient (Wildman–Crippen LogP) is 3.94. The van der Waals surface area contributed by atoms with Crippen molar-refractivity contribution in [3.8, 4) is 0 Å². The van der Waals surface area contributed by atoms with Gasteiger partial charge >= 0.3 is 0 Å². The van der Waals surface area contributed by atoms with Crippen LogP contribution in [-0.2, 0) is 0 Å². The van der Waals surface area contributed by atoms with Gasteiger partial charge in [-0.15, -0.1) is 0 Å². The van der Waals surface area contributed by atoms with Crippen LogP contribution in [0.1, 0.15) is 52.5 Å². The van der Waals surface area contributed by atoms with Gasteiger partial charge in [0.25, 0.3) is 0 Å². The van der Waals surface area contributed by atoms with Crippen molar-refractivity contribution in [1.82, 2.24) is 0 Å². The SMILES string of the molecule is CC(C)(C)CC(c1ccccc1)C(C)(C)N. The zero-order valence-corrected chi connectivity index (χ0v) is 11.2. The maximum atomic E-state index is 6.32. The molecule has 90 valence electrons. The quantitative estimate of drug-likeness (QED) is 0.818. The Labute approximate surface area is 100 Å². The molecule has 0 heterocycles. The lowest BCUT2D eigenvalue weighted by molar-refractivity contribution is 0.275. The van der Waals surface area contributed by atoms with Gasteiger partial charge in [-0.05, 0) is 31.2 Å². The molecule has 1 nitrogen and oxygen atoms in total. The van der Waals surface area contributed by atoms with Crippen LogP contribution in [0.3, 0.4) is 0 Å². The van der Waals surface area contributed by atoms with Gasteiger partial charge in [-0.25, -0.2) is 0 Å². The van der Waals surface area contributed by atoms with E-state index in [4.69, 9.17) is 5.73 Å². The van der Waals surface area contributed by atoms with Gasteiger partial charge in [-0.1, -0.05) is 51.1 Å². The van der Waals surface area contributed by atoms with Crippen molar-refractivity contribution in [2.75, 3.05) is 0 Å². The average molecular weight is 219 g/mol. The molecule has 1 rings (SSSR count). The smallest absolute Gasteiger partial charge is 0.0166 e. The van der Waals surface area contributed by atoms with Crippen LogP contribution in [0.5, 0.6) is 0 Å². The van der Waals surface area contributed by atoms with E-state index in [2.05, 4.69) is 65.0 Å². The summed E-state index contributed by atoms with van der Waals surface area (Å²) in [6.45, 7) is 11.1. The summed E-state index contributed by atoms with van der Waals surface area (Å²) in [6, 6.07) is 10.6. The summed E-state index contributed by atoms with van der Waals surface area (Å²) in [6.07, 6.45) is 1.11. The largest absolute Gasteiger partial charge is 0.325 e. The third kappa shape index (κ3) is 3.97. The van der Waals surface area contributed by atoms with Crippen LogP contribution in [0, 0.1) is 5.41 Å². The molecule has 0 amide bonds. The third-order valence-electron chi connectivity index (χ3n) is 2.92. The van der Waals surface area contributed by atoms with E-state index in [-0.39, 0.29) is 5.54 Å². The maximum absolute atomic E-state index is 6.32. The van der Waals surface area contributed by atoms with Crippen LogP contribution in [0.2, 0.25) is 0 Å². The summed E-state index contributed by atoms with van der Waals surface area (Å²) in [7, 11) is 0. The third-order valence-corrected chi connectivity index (χ3v) is 2.92. The van der Waals surface area contributed by atoms with Crippen molar-refractivity contribution in [2.24, 2.45) is 11.1 Å². The first kappa shape index (κ1) is 13.2. The number of hydrogen-bond donors (Lipinski definition) is 1. The van der Waals surface area contributed by atoms with Crippen LogP contribution in [-0.4, -0.2) is 5.54 Å². The molecule has 0 aromatic heterocycles. The molecule has 0 aliphatic carbocycles. The van der Waals surface area contributed by atoms with Crippen molar-refractivity contribution in [3.05, 3.63) is 35.9 Å². The Morgan fingerprint density at radius 2 is 1.50 bits per heavy atom. The topological polar surface area (TPSA) is 26.0 Å². The Morgan fingerprint density at radius 3 is 1.88 bits per heavy atom. The highest BCUT2D eigenvalue weighted by atomic mass is 14.7. The highest BCUT2D eigenvalue weighted by molar-refractivity contribution is 5.23. The Balaban J connectivity index is 2.98. The minimum atomic E-state index is -0.172. The minimum absolute atomic E-state index is 0.172. The van der Waals surface area contributed by atoms with E-state index in [1.165, 1.54) is 5.56 Å². The van der Waals surface area contributed by atoms with Gasteiger partial charge in [0.1, 0.15) is 0 Å². The van der Waals surface area contributed by atoms with Gasteiger partial charge in [0.2, 0.25) is 0 Å². The lowest BCUT2D eigenvalue weighted by Gasteiger charge is -2.35. The highest BCUT2D eigenvalue weighted by Gasteiger charge is 2.30. The molecule has 1 aromatic rings. The molecule has 0 spiro atoms. The first-order chi connectivity index (χ1) is 7.20. The summed E-state index contributed by atoms with van der Waals surface area (Å²) in [5.74, 6) is 0.411. The second-order valence-electron chi connectivity index (χ2n) is 6.55. The Morgan fingerprint density at radius 1 is 1.00 bits per heavy atom. The molecule has 1 aromatic carbocycles. The Bertz CT molecular complexity index is 314. The molecule has 1 atom stereocenters. The van der Waals surface area contributed by atoms with Crippen molar-refractivity contribution in [2.45, 2.75) is 52.5 Å². The standard InChI is InChI=1S/C15H25N/c1-14(2,3)11-13(15(4,5)16)12-9-7-6-8-10-12/h6-10,13H,11,16H2,1-5H3. The van der Waals surface area contributed by atoms with Gasteiger partial charge in [0, 0.05) is 11.5 Å². The van der Waals surface area contributed by atoms with Gasteiger partial charge in [0.05, 0.1) is 0 Å². The van der Waals surface area contributed by atoms with E-state index in [0.717, 1.165) is 6.42 Å². The highest BCUT2D eigenvalue weighted by Crippen LogP contribution is 2.37. The maximum Gasteiger partial charge on any atom is 0.0166 e. The Hall–Kier alpha value is -0.820. The fraction of sp³-hybridized carbons (Fsp3) is 0.600. The van der Waals surface area contributed by atoms with Crippen molar-refractivity contribution in [1.29, 1.82) is 0 Å². The number of hydrogen-bond acceptors (Lipinski definition) is 1. The van der Waals surface area contributed by atoms with Crippen LogP contribution in [0.15, 0.2) is 30.3 Å². The molecular formula is C15H25N. The molecule has 0 saturated carbocycles. The minimum Gasteiger partial charge on any atom is -0.325 e. The van der Waals surface area contributed by atoms with Gasteiger partial charge in [-0.2, -0.15) is 0 Å². The lowest BCUT2D eigenvalue weighted by Crippen LogP contribution is -2.40. The second-order valence-corrected chi connectivity index (χ2v) is 6.55. The molecule has 0 radical (unpaired) electrons. The summed E-state index contributed by atoms with van der Waals surface area (Å²) in [5.41, 5.74) is 7.80. The van der Waals surface area contributed by atoms with Crippen LogP contribution >= 0.6 is 0 Å². The zero-order chi connectivity index (χ0) is 12.4. The summed E-state index contributed by atoms with van der Waals surface area (Å²) in [4.78, 5) is 0. The normalized spacial score (nSPS) is 14.9. The summed E-state index contributed by atoms with van der Waals surface area (Å²) >= 11 is 0. The summed E-state index contributed by atoms with van der Waals surface area (Å²) < 4.78 is 0. The molecular weight excluding hydrogens is 194 g/mol. The van der Waals surface area contributed by atoms with Crippen molar-refractivity contribution in [3.63, 3.8) is 0 Å². The van der Waals surface area contributed by atoms with E-state index in [1.54, 1.807) is 0 Å². The monoisotopic (exact) mass is 219 g/mol. The van der Waals surface area contributed by atoms with Crippen LogP contribution < -0.4 is 5.73 Å². The molecule has 1 heteroatoms. The fourth-order valence-corrected chi connectivity index (χ4v) is 2.11. The van der Waals surface area contributed by atoms with E-state index in [9.17, 15) is 0 Å².